The van der Waals surface area contributed by atoms with Crippen molar-refractivity contribution in [1.29, 1.82) is 0 Å². The van der Waals surface area contributed by atoms with Crippen LogP contribution in [0.2, 0.25) is 0 Å². The fourth-order valence-electron chi connectivity index (χ4n) is 1.85. The molecule has 0 radical (unpaired) electrons. The van der Waals surface area contributed by atoms with Crippen molar-refractivity contribution < 1.29 is 5.11 Å². The molecule has 5 nitrogen and oxygen atoms in total. The van der Waals surface area contributed by atoms with Crippen LogP contribution in [0.5, 0.6) is 0 Å². The number of anilines is 2. The Labute approximate surface area is 82.6 Å². The van der Waals surface area contributed by atoms with E-state index in [2.05, 4.69) is 14.9 Å². The molecule has 0 amide bonds. The maximum absolute atomic E-state index is 9.15. The first-order valence-corrected chi connectivity index (χ1v) is 4.77. The predicted molar refractivity (Wildman–Crippen MR) is 53.9 cm³/mol. The van der Waals surface area contributed by atoms with Gasteiger partial charge in [0.2, 0.25) is 5.95 Å². The second kappa shape index (κ2) is 3.79. The third kappa shape index (κ3) is 1.63. The van der Waals surface area contributed by atoms with Gasteiger partial charge >= 0.3 is 0 Å². The lowest BCUT2D eigenvalue weighted by Gasteiger charge is -2.23. The first-order chi connectivity index (χ1) is 6.81. The van der Waals surface area contributed by atoms with Crippen molar-refractivity contribution in [3.05, 3.63) is 12.3 Å². The number of nitrogens with two attached hydrogens (primary N) is 1. The third-order valence-corrected chi connectivity index (χ3v) is 2.54. The van der Waals surface area contributed by atoms with E-state index < -0.39 is 0 Å². The Hall–Kier alpha value is -1.36. The van der Waals surface area contributed by atoms with Crippen molar-refractivity contribution in [2.45, 2.75) is 18.9 Å². The van der Waals surface area contributed by atoms with Crippen LogP contribution in [0.3, 0.4) is 0 Å². The van der Waals surface area contributed by atoms with Crippen molar-refractivity contribution in [3.63, 3.8) is 0 Å². The molecule has 14 heavy (non-hydrogen) atoms. The molecule has 1 unspecified atom stereocenters. The summed E-state index contributed by atoms with van der Waals surface area (Å²) in [6.07, 6.45) is 3.75. The Morgan fingerprint density at radius 1 is 1.64 bits per heavy atom. The molecule has 0 aliphatic carbocycles. The molecule has 0 bridgehead atoms. The van der Waals surface area contributed by atoms with E-state index in [1.807, 2.05) is 6.07 Å². The largest absolute Gasteiger partial charge is 0.394 e. The average Bonchev–Trinajstić information content (AvgIpc) is 2.65. The molecule has 0 spiro atoms. The number of aliphatic hydroxyl groups excluding tert-OH is 1. The van der Waals surface area contributed by atoms with Crippen LogP contribution in [0, 0.1) is 0 Å². The minimum atomic E-state index is 0.171. The van der Waals surface area contributed by atoms with Gasteiger partial charge in [-0.3, -0.25) is 0 Å². The predicted octanol–water partition coefficient (Wildman–Crippen LogP) is 0.0199. The van der Waals surface area contributed by atoms with Gasteiger partial charge in [0.05, 0.1) is 12.6 Å². The molecule has 1 aromatic heterocycles. The van der Waals surface area contributed by atoms with Crippen LogP contribution in [-0.2, 0) is 0 Å². The lowest BCUT2D eigenvalue weighted by atomic mass is 10.2. The molecular formula is C9H14N4O. The Kier molecular flexibility index (Phi) is 2.49. The smallest absolute Gasteiger partial charge is 0.221 e. The van der Waals surface area contributed by atoms with Crippen LogP contribution >= 0.6 is 0 Å². The number of rotatable bonds is 2. The van der Waals surface area contributed by atoms with Crippen LogP contribution in [0.25, 0.3) is 0 Å². The number of aromatic nitrogens is 2. The maximum Gasteiger partial charge on any atom is 0.221 e. The quantitative estimate of drug-likeness (QED) is 0.694. The molecular weight excluding hydrogens is 180 g/mol. The Morgan fingerprint density at radius 2 is 2.50 bits per heavy atom. The summed E-state index contributed by atoms with van der Waals surface area (Å²) < 4.78 is 0. The number of hydrogen-bond donors (Lipinski definition) is 2. The van der Waals surface area contributed by atoms with Crippen molar-refractivity contribution in [2.24, 2.45) is 0 Å². The van der Waals surface area contributed by atoms with Gasteiger partial charge in [-0.05, 0) is 18.9 Å². The van der Waals surface area contributed by atoms with Crippen molar-refractivity contribution >= 4 is 11.8 Å². The van der Waals surface area contributed by atoms with Gasteiger partial charge in [0.1, 0.15) is 5.82 Å². The first kappa shape index (κ1) is 9.21. The number of nitrogens with zero attached hydrogens (tertiary/aromatic N) is 3. The SMILES string of the molecule is Nc1nccc(N2CCCC2CO)n1. The summed E-state index contributed by atoms with van der Waals surface area (Å²) >= 11 is 0. The van der Waals surface area contributed by atoms with Crippen molar-refractivity contribution in [3.8, 4) is 0 Å². The van der Waals surface area contributed by atoms with Gasteiger partial charge in [-0.15, -0.1) is 0 Å². The number of aliphatic hydroxyl groups is 1. The van der Waals surface area contributed by atoms with E-state index in [0.29, 0.717) is 0 Å². The van der Waals surface area contributed by atoms with E-state index in [-0.39, 0.29) is 18.6 Å². The molecule has 1 fully saturated rings. The van der Waals surface area contributed by atoms with Crippen molar-refractivity contribution in [2.75, 3.05) is 23.8 Å². The first-order valence-electron chi connectivity index (χ1n) is 4.77. The fraction of sp³-hybridized carbons (Fsp3) is 0.556. The summed E-state index contributed by atoms with van der Waals surface area (Å²) in [6.45, 7) is 1.10. The molecule has 3 N–H and O–H groups in total. The average molecular weight is 194 g/mol. The molecule has 2 rings (SSSR count). The lowest BCUT2D eigenvalue weighted by Crippen LogP contribution is -2.32. The summed E-state index contributed by atoms with van der Waals surface area (Å²) in [7, 11) is 0. The zero-order chi connectivity index (χ0) is 9.97. The van der Waals surface area contributed by atoms with E-state index in [0.717, 1.165) is 25.2 Å². The summed E-state index contributed by atoms with van der Waals surface area (Å²) in [5, 5.41) is 9.15. The molecule has 76 valence electrons. The summed E-state index contributed by atoms with van der Waals surface area (Å²) in [5.74, 6) is 1.10. The minimum Gasteiger partial charge on any atom is -0.394 e. The van der Waals surface area contributed by atoms with Gasteiger partial charge in [-0.25, -0.2) is 4.98 Å². The van der Waals surface area contributed by atoms with E-state index in [9.17, 15) is 0 Å². The van der Waals surface area contributed by atoms with Gasteiger partial charge in [0, 0.05) is 12.7 Å². The highest BCUT2D eigenvalue weighted by Gasteiger charge is 2.24. The molecule has 1 aliphatic heterocycles. The monoisotopic (exact) mass is 194 g/mol. The standard InChI is InChI=1S/C9H14N4O/c10-9-11-4-3-8(12-9)13-5-1-2-7(13)6-14/h3-4,7,14H,1-2,5-6H2,(H2,10,11,12). The second-order valence-electron chi connectivity index (χ2n) is 3.45. The lowest BCUT2D eigenvalue weighted by molar-refractivity contribution is 0.266. The van der Waals surface area contributed by atoms with Crippen LogP contribution < -0.4 is 10.6 Å². The van der Waals surface area contributed by atoms with Gasteiger partial charge in [-0.2, -0.15) is 4.98 Å². The molecule has 1 aliphatic rings. The van der Waals surface area contributed by atoms with E-state index in [1.165, 1.54) is 0 Å². The Morgan fingerprint density at radius 3 is 3.21 bits per heavy atom. The van der Waals surface area contributed by atoms with Gasteiger partial charge in [0.15, 0.2) is 0 Å². The molecule has 2 heterocycles. The molecule has 1 saturated heterocycles. The van der Waals surface area contributed by atoms with Gasteiger partial charge in [0.25, 0.3) is 0 Å². The highest BCUT2D eigenvalue weighted by atomic mass is 16.3. The molecule has 0 saturated carbocycles. The highest BCUT2D eigenvalue weighted by molar-refractivity contribution is 5.43. The van der Waals surface area contributed by atoms with Crippen molar-refractivity contribution in [1.82, 2.24) is 9.97 Å². The zero-order valence-corrected chi connectivity index (χ0v) is 7.93. The van der Waals surface area contributed by atoms with Crippen LogP contribution in [0.4, 0.5) is 11.8 Å². The fourth-order valence-corrected chi connectivity index (χ4v) is 1.85. The van der Waals surface area contributed by atoms with Crippen LogP contribution in [0.15, 0.2) is 12.3 Å². The van der Waals surface area contributed by atoms with Gasteiger partial charge < -0.3 is 15.7 Å². The topological polar surface area (TPSA) is 75.3 Å². The van der Waals surface area contributed by atoms with Gasteiger partial charge in [-0.1, -0.05) is 0 Å². The summed E-state index contributed by atoms with van der Waals surface area (Å²) in [6, 6.07) is 2.01. The molecule has 0 aromatic carbocycles. The number of nitrogen functional groups attached to an aromatic ring is 1. The zero-order valence-electron chi connectivity index (χ0n) is 7.93. The molecule has 5 heteroatoms. The third-order valence-electron chi connectivity index (χ3n) is 2.54. The van der Waals surface area contributed by atoms with Crippen LogP contribution in [-0.4, -0.2) is 34.3 Å². The Balaban J connectivity index is 2.21. The summed E-state index contributed by atoms with van der Waals surface area (Å²) in [5.41, 5.74) is 5.50. The van der Waals surface area contributed by atoms with Crippen LogP contribution in [0.1, 0.15) is 12.8 Å². The van der Waals surface area contributed by atoms with E-state index in [4.69, 9.17) is 10.8 Å². The Bertz CT molecular complexity index is 317. The highest BCUT2D eigenvalue weighted by Crippen LogP contribution is 2.23. The number of hydrogen-bond acceptors (Lipinski definition) is 5. The van der Waals surface area contributed by atoms with E-state index in [1.54, 1.807) is 6.20 Å². The maximum atomic E-state index is 9.15. The van der Waals surface area contributed by atoms with E-state index >= 15 is 0 Å². The molecule has 1 aromatic rings. The normalized spacial score (nSPS) is 21.5. The molecule has 1 atom stereocenters. The summed E-state index contributed by atoms with van der Waals surface area (Å²) in [4.78, 5) is 10.1. The second-order valence-corrected chi connectivity index (χ2v) is 3.45. The minimum absolute atomic E-state index is 0.171.